The van der Waals surface area contributed by atoms with E-state index in [1.807, 2.05) is 0 Å². The van der Waals surface area contributed by atoms with Gasteiger partial charge in [-0.1, -0.05) is 0 Å². The summed E-state index contributed by atoms with van der Waals surface area (Å²) in [5.74, 6) is -0.947. The number of halogens is 4. The number of aromatic nitrogens is 5. The minimum atomic E-state index is -4.73. The highest BCUT2D eigenvalue weighted by atomic mass is 19.4. The lowest BCUT2D eigenvalue weighted by Gasteiger charge is -2.18. The van der Waals surface area contributed by atoms with Crippen molar-refractivity contribution < 1.29 is 17.6 Å². The minimum Gasteiger partial charge on any atom is -0.310 e. The van der Waals surface area contributed by atoms with Crippen LogP contribution in [-0.2, 0) is 13.2 Å². The van der Waals surface area contributed by atoms with Gasteiger partial charge in [-0.25, -0.2) is 4.39 Å². The number of alkyl halides is 3. The van der Waals surface area contributed by atoms with Gasteiger partial charge >= 0.3 is 6.18 Å². The largest absolute Gasteiger partial charge is 0.417 e. The first kappa shape index (κ1) is 19.7. The predicted molar refractivity (Wildman–Crippen MR) is 106 cm³/mol. The van der Waals surface area contributed by atoms with Crippen molar-refractivity contribution in [2.24, 2.45) is 7.05 Å². The molecule has 31 heavy (non-hydrogen) atoms. The molecule has 1 aliphatic rings. The van der Waals surface area contributed by atoms with Crippen molar-refractivity contribution in [3.63, 3.8) is 0 Å². The Morgan fingerprint density at radius 3 is 2.68 bits per heavy atom. The number of hydrogen-bond acceptors (Lipinski definition) is 4. The van der Waals surface area contributed by atoms with Gasteiger partial charge in [0.1, 0.15) is 11.5 Å². The summed E-state index contributed by atoms with van der Waals surface area (Å²) in [7, 11) is 1.75. The fourth-order valence-corrected chi connectivity index (χ4v) is 4.10. The van der Waals surface area contributed by atoms with E-state index in [4.69, 9.17) is 0 Å². The van der Waals surface area contributed by atoms with Crippen molar-refractivity contribution in [2.75, 3.05) is 6.54 Å². The van der Waals surface area contributed by atoms with Gasteiger partial charge < -0.3 is 5.32 Å². The van der Waals surface area contributed by atoms with E-state index < -0.39 is 23.1 Å². The zero-order chi connectivity index (χ0) is 21.8. The molecule has 0 bridgehead atoms. The molecular weight excluding hydrogens is 412 g/mol. The molecule has 1 saturated heterocycles. The van der Waals surface area contributed by atoms with Gasteiger partial charge in [-0.2, -0.15) is 23.4 Å². The molecule has 4 aromatic rings. The normalized spacial score (nSPS) is 17.0. The molecular formula is C21H18F4N6. The molecule has 0 saturated carbocycles. The highest BCUT2D eigenvalue weighted by Crippen LogP contribution is 2.41. The molecule has 0 spiro atoms. The third kappa shape index (κ3) is 3.46. The van der Waals surface area contributed by atoms with Gasteiger partial charge in [-0.3, -0.25) is 14.8 Å². The molecule has 1 atom stereocenters. The second-order valence-corrected chi connectivity index (χ2v) is 7.66. The van der Waals surface area contributed by atoms with Gasteiger partial charge in [0.2, 0.25) is 0 Å². The first-order valence-electron chi connectivity index (χ1n) is 9.79. The van der Waals surface area contributed by atoms with Crippen LogP contribution in [0.4, 0.5) is 17.6 Å². The molecule has 2 N–H and O–H groups in total. The lowest BCUT2D eigenvalue weighted by atomic mass is 9.95. The van der Waals surface area contributed by atoms with E-state index in [-0.39, 0.29) is 11.7 Å². The van der Waals surface area contributed by atoms with Crippen molar-refractivity contribution in [3.8, 4) is 22.5 Å². The Labute approximate surface area is 174 Å². The topological polar surface area (TPSA) is 71.4 Å². The summed E-state index contributed by atoms with van der Waals surface area (Å²) in [5.41, 5.74) is 0.325. The second-order valence-electron chi connectivity index (χ2n) is 7.66. The van der Waals surface area contributed by atoms with E-state index in [2.05, 4.69) is 25.6 Å². The van der Waals surface area contributed by atoms with Gasteiger partial charge in [-0.15, -0.1) is 0 Å². The number of aryl methyl sites for hydroxylation is 1. The molecule has 0 radical (unpaired) electrons. The molecule has 0 aliphatic carbocycles. The van der Waals surface area contributed by atoms with Crippen LogP contribution >= 0.6 is 0 Å². The Kier molecular flexibility index (Phi) is 4.54. The van der Waals surface area contributed by atoms with Crippen LogP contribution in [0, 0.1) is 5.82 Å². The fourth-order valence-electron chi connectivity index (χ4n) is 4.10. The molecule has 6 nitrogen and oxygen atoms in total. The van der Waals surface area contributed by atoms with E-state index >= 15 is 4.39 Å². The Morgan fingerprint density at radius 1 is 1.16 bits per heavy atom. The lowest BCUT2D eigenvalue weighted by molar-refractivity contribution is -0.137. The maximum atomic E-state index is 15.1. The number of fused-ring (bicyclic) bond motifs is 1. The summed E-state index contributed by atoms with van der Waals surface area (Å²) in [5, 5.41) is 14.8. The number of benzene rings is 1. The van der Waals surface area contributed by atoms with Crippen LogP contribution in [0.1, 0.15) is 30.0 Å². The van der Waals surface area contributed by atoms with Crippen LogP contribution in [0.5, 0.6) is 0 Å². The summed E-state index contributed by atoms with van der Waals surface area (Å²) in [4.78, 5) is 4.10. The minimum absolute atomic E-state index is 0.102. The first-order valence-corrected chi connectivity index (χ1v) is 9.79. The Hall–Kier alpha value is -3.27. The lowest BCUT2D eigenvalue weighted by Crippen LogP contribution is -2.16. The quantitative estimate of drug-likeness (QED) is 0.466. The number of hydrogen-bond donors (Lipinski definition) is 2. The fraction of sp³-hybridized carbons (Fsp3) is 0.286. The second kappa shape index (κ2) is 7.16. The third-order valence-corrected chi connectivity index (χ3v) is 5.56. The Balaban J connectivity index is 1.68. The van der Waals surface area contributed by atoms with Gasteiger partial charge in [-0.05, 0) is 43.1 Å². The highest BCUT2D eigenvalue weighted by molar-refractivity contribution is 5.94. The summed E-state index contributed by atoms with van der Waals surface area (Å²) in [6.07, 6.45) is 1.48. The number of pyridine rings is 1. The van der Waals surface area contributed by atoms with Crippen LogP contribution in [-0.4, -0.2) is 31.5 Å². The van der Waals surface area contributed by atoms with Crippen molar-refractivity contribution >= 4 is 10.9 Å². The molecule has 5 rings (SSSR count). The number of H-pyrrole nitrogens is 1. The molecule has 1 aliphatic heterocycles. The first-order chi connectivity index (χ1) is 14.8. The monoisotopic (exact) mass is 430 g/mol. The van der Waals surface area contributed by atoms with Gasteiger partial charge in [0, 0.05) is 35.8 Å². The molecule has 10 heteroatoms. The van der Waals surface area contributed by atoms with Gasteiger partial charge in [0.15, 0.2) is 0 Å². The summed E-state index contributed by atoms with van der Waals surface area (Å²) in [6, 6.07) is 3.36. The van der Waals surface area contributed by atoms with E-state index in [9.17, 15) is 13.2 Å². The van der Waals surface area contributed by atoms with E-state index in [0.29, 0.717) is 40.7 Å². The molecule has 4 heterocycles. The van der Waals surface area contributed by atoms with Crippen molar-refractivity contribution in [1.29, 1.82) is 0 Å². The van der Waals surface area contributed by atoms with Crippen LogP contribution in [0.15, 0.2) is 36.8 Å². The van der Waals surface area contributed by atoms with E-state index in [1.54, 1.807) is 24.1 Å². The Morgan fingerprint density at radius 2 is 2.00 bits per heavy atom. The number of aromatic amines is 1. The molecule has 3 aromatic heterocycles. The molecule has 1 fully saturated rings. The summed E-state index contributed by atoms with van der Waals surface area (Å²) >= 11 is 0. The highest BCUT2D eigenvalue weighted by Gasteiger charge is 2.37. The van der Waals surface area contributed by atoms with E-state index in [1.165, 1.54) is 18.3 Å². The number of nitrogens with zero attached hydrogens (tertiary/aromatic N) is 4. The summed E-state index contributed by atoms with van der Waals surface area (Å²) in [6.45, 7) is 0.700. The molecule has 160 valence electrons. The zero-order valence-electron chi connectivity index (χ0n) is 16.5. The Bertz CT molecular complexity index is 1270. The van der Waals surface area contributed by atoms with Crippen LogP contribution in [0.2, 0.25) is 0 Å². The smallest absolute Gasteiger partial charge is 0.310 e. The number of nitrogens with one attached hydrogen (secondary N) is 2. The summed E-state index contributed by atoms with van der Waals surface area (Å²) < 4.78 is 58.5. The average Bonchev–Trinajstić information content (AvgIpc) is 3.46. The van der Waals surface area contributed by atoms with Gasteiger partial charge in [0.25, 0.3) is 0 Å². The van der Waals surface area contributed by atoms with Crippen molar-refractivity contribution in [2.45, 2.75) is 25.1 Å². The molecule has 0 unspecified atom stereocenters. The third-order valence-electron chi connectivity index (χ3n) is 5.56. The maximum absolute atomic E-state index is 15.1. The van der Waals surface area contributed by atoms with Crippen LogP contribution in [0.3, 0.4) is 0 Å². The van der Waals surface area contributed by atoms with E-state index in [0.717, 1.165) is 12.5 Å². The standard InChI is InChI=1S/C21H18F4N6/c1-31-10-12(8-28-31)20-13-7-17(27-9-18(13)29-30-20)19-14(21(23,24)25)5-11(6-15(19)22)16-3-2-4-26-16/h5-10,16,26H,2-4H2,1H3,(H,29,30)/t16-/m0/s1. The molecule has 0 amide bonds. The SMILES string of the molecule is Cn1cc(-c2n[nH]c3cnc(-c4c(F)cc([C@@H]5CCCN5)cc4C(F)(F)F)cc23)cn1. The van der Waals surface area contributed by atoms with Crippen molar-refractivity contribution in [1.82, 2.24) is 30.3 Å². The maximum Gasteiger partial charge on any atom is 0.417 e. The molecule has 1 aromatic carbocycles. The predicted octanol–water partition coefficient (Wildman–Crippen LogP) is 4.61. The van der Waals surface area contributed by atoms with Crippen LogP contribution < -0.4 is 5.32 Å². The van der Waals surface area contributed by atoms with Crippen molar-refractivity contribution in [3.05, 3.63) is 53.7 Å². The zero-order valence-corrected chi connectivity index (χ0v) is 16.5. The number of rotatable bonds is 3. The average molecular weight is 430 g/mol. The van der Waals surface area contributed by atoms with Gasteiger partial charge in [0.05, 0.1) is 29.2 Å². The van der Waals surface area contributed by atoms with Crippen LogP contribution in [0.25, 0.3) is 33.4 Å².